The first kappa shape index (κ1) is 19.5. The Labute approximate surface area is 156 Å². The summed E-state index contributed by atoms with van der Waals surface area (Å²) in [5.74, 6) is -0.411. The van der Waals surface area contributed by atoms with Crippen molar-refractivity contribution < 1.29 is 17.9 Å². The smallest absolute Gasteiger partial charge is 0.245 e. The Morgan fingerprint density at radius 1 is 1.12 bits per heavy atom. The zero-order valence-electron chi connectivity index (χ0n) is 13.4. The molecule has 0 heterocycles. The van der Waals surface area contributed by atoms with E-state index in [9.17, 15) is 13.2 Å². The summed E-state index contributed by atoms with van der Waals surface area (Å²) in [5.41, 5.74) is 0.462. The van der Waals surface area contributed by atoms with Crippen molar-refractivity contribution in [2.75, 3.05) is 12.4 Å². The number of hydrogen-bond donors (Lipinski definition) is 2. The molecule has 0 aliphatic heterocycles. The second kappa shape index (κ2) is 8.05. The normalized spacial score (nSPS) is 12.5. The maximum absolute atomic E-state index is 12.5. The van der Waals surface area contributed by atoms with Gasteiger partial charge in [-0.15, -0.1) is 0 Å². The van der Waals surface area contributed by atoms with E-state index in [4.69, 9.17) is 27.9 Å². The average Bonchev–Trinajstić information content (AvgIpc) is 2.54. The minimum Gasteiger partial charge on any atom is -0.495 e. The summed E-state index contributed by atoms with van der Waals surface area (Å²) in [5, 5.41) is 3.28. The van der Waals surface area contributed by atoms with Crippen LogP contribution in [0, 0.1) is 0 Å². The molecule has 0 saturated carbocycles. The third-order valence-corrected chi connectivity index (χ3v) is 5.26. The Balaban J connectivity index is 2.17. The Morgan fingerprint density at radius 2 is 1.80 bits per heavy atom. The van der Waals surface area contributed by atoms with E-state index in [0.29, 0.717) is 10.7 Å². The summed E-state index contributed by atoms with van der Waals surface area (Å²) in [4.78, 5) is 12.1. The van der Waals surface area contributed by atoms with Gasteiger partial charge in [0, 0.05) is 15.7 Å². The summed E-state index contributed by atoms with van der Waals surface area (Å²) < 4.78 is 32.4. The number of rotatable bonds is 6. The number of hydrogen-bond acceptors (Lipinski definition) is 4. The molecule has 9 heteroatoms. The second-order valence-electron chi connectivity index (χ2n) is 5.14. The molecule has 0 radical (unpaired) electrons. The molecule has 1 amide bonds. The van der Waals surface area contributed by atoms with Crippen molar-refractivity contribution in [1.29, 1.82) is 0 Å². The molecule has 2 aromatic rings. The molecular formula is C16H16Cl2N2O4S. The number of carbonyl (C=O) groups excluding carboxylic acids is 1. The lowest BCUT2D eigenvalue weighted by Gasteiger charge is -2.16. The van der Waals surface area contributed by atoms with Crippen LogP contribution in [0.25, 0.3) is 0 Å². The Hall–Kier alpha value is -1.80. The number of halogens is 2. The highest BCUT2D eigenvalue weighted by Crippen LogP contribution is 2.27. The van der Waals surface area contributed by atoms with Gasteiger partial charge in [0.05, 0.1) is 13.2 Å². The number of ether oxygens (including phenoxy) is 1. The van der Waals surface area contributed by atoms with Gasteiger partial charge in [0.15, 0.2) is 0 Å². The topological polar surface area (TPSA) is 84.5 Å². The van der Waals surface area contributed by atoms with Gasteiger partial charge in [-0.25, -0.2) is 8.42 Å². The van der Waals surface area contributed by atoms with Crippen LogP contribution in [0.4, 0.5) is 5.69 Å². The summed E-state index contributed by atoms with van der Waals surface area (Å²) in [7, 11) is -2.67. The van der Waals surface area contributed by atoms with Crippen molar-refractivity contribution in [1.82, 2.24) is 4.72 Å². The number of methoxy groups -OCH3 is 1. The van der Waals surface area contributed by atoms with E-state index in [0.717, 1.165) is 0 Å². The molecule has 2 N–H and O–H groups in total. The quantitative estimate of drug-likeness (QED) is 0.775. The summed E-state index contributed by atoms with van der Waals surface area (Å²) >= 11 is 11.7. The van der Waals surface area contributed by atoms with Gasteiger partial charge in [-0.2, -0.15) is 4.72 Å². The van der Waals surface area contributed by atoms with Crippen LogP contribution in [-0.4, -0.2) is 27.5 Å². The van der Waals surface area contributed by atoms with Crippen LogP contribution in [0.3, 0.4) is 0 Å². The fourth-order valence-corrected chi connectivity index (χ4v) is 3.85. The molecule has 134 valence electrons. The molecular weight excluding hydrogens is 387 g/mol. The van der Waals surface area contributed by atoms with Crippen molar-refractivity contribution in [2.45, 2.75) is 17.9 Å². The number of carbonyl (C=O) groups is 1. The summed E-state index contributed by atoms with van der Waals surface area (Å²) in [6, 6.07) is 9.70. The van der Waals surface area contributed by atoms with Crippen LogP contribution in [-0.2, 0) is 14.8 Å². The summed E-state index contributed by atoms with van der Waals surface area (Å²) in [6.07, 6.45) is 0. The first-order valence-electron chi connectivity index (χ1n) is 7.15. The molecule has 0 saturated heterocycles. The van der Waals surface area contributed by atoms with Crippen LogP contribution in [0.15, 0.2) is 47.4 Å². The molecule has 0 aliphatic carbocycles. The van der Waals surface area contributed by atoms with Crippen molar-refractivity contribution in [3.63, 3.8) is 0 Å². The van der Waals surface area contributed by atoms with Crippen LogP contribution >= 0.6 is 23.2 Å². The number of anilines is 1. The van der Waals surface area contributed by atoms with Crippen molar-refractivity contribution in [3.8, 4) is 5.75 Å². The van der Waals surface area contributed by atoms with E-state index < -0.39 is 22.0 Å². The molecule has 1 atom stereocenters. The van der Waals surface area contributed by atoms with Gasteiger partial charge >= 0.3 is 0 Å². The lowest BCUT2D eigenvalue weighted by molar-refractivity contribution is -0.117. The zero-order chi connectivity index (χ0) is 18.6. The van der Waals surface area contributed by atoms with Gasteiger partial charge in [0.25, 0.3) is 0 Å². The molecule has 0 spiro atoms. The predicted molar refractivity (Wildman–Crippen MR) is 97.9 cm³/mol. The van der Waals surface area contributed by atoms with Gasteiger partial charge in [-0.3, -0.25) is 4.79 Å². The van der Waals surface area contributed by atoms with Crippen LogP contribution < -0.4 is 14.8 Å². The number of benzene rings is 2. The number of amides is 1. The third-order valence-electron chi connectivity index (χ3n) is 3.23. The molecule has 0 fully saturated rings. The fourth-order valence-electron chi connectivity index (χ4n) is 2.03. The van der Waals surface area contributed by atoms with Crippen molar-refractivity contribution in [2.24, 2.45) is 0 Å². The third kappa shape index (κ3) is 5.09. The SMILES string of the molecule is COc1ccc(Cl)cc1S(=O)(=O)N[C@@H](C)C(=O)Nc1cccc(Cl)c1. The molecule has 0 aromatic heterocycles. The van der Waals surface area contributed by atoms with E-state index >= 15 is 0 Å². The highest BCUT2D eigenvalue weighted by molar-refractivity contribution is 7.89. The van der Waals surface area contributed by atoms with E-state index in [1.807, 2.05) is 0 Å². The number of nitrogens with one attached hydrogen (secondary N) is 2. The molecule has 25 heavy (non-hydrogen) atoms. The first-order valence-corrected chi connectivity index (χ1v) is 9.39. The van der Waals surface area contributed by atoms with E-state index in [-0.39, 0.29) is 15.7 Å². The van der Waals surface area contributed by atoms with Gasteiger partial charge < -0.3 is 10.1 Å². The Morgan fingerprint density at radius 3 is 2.44 bits per heavy atom. The molecule has 0 bridgehead atoms. The molecule has 0 unspecified atom stereocenters. The van der Waals surface area contributed by atoms with Crippen LogP contribution in [0.5, 0.6) is 5.75 Å². The maximum atomic E-state index is 12.5. The molecule has 2 rings (SSSR count). The van der Waals surface area contributed by atoms with Gasteiger partial charge in [-0.1, -0.05) is 29.3 Å². The predicted octanol–water partition coefficient (Wildman–Crippen LogP) is 3.31. The number of sulfonamides is 1. The van der Waals surface area contributed by atoms with Crippen molar-refractivity contribution >= 4 is 44.8 Å². The van der Waals surface area contributed by atoms with Crippen LogP contribution in [0.1, 0.15) is 6.92 Å². The van der Waals surface area contributed by atoms with Gasteiger partial charge in [-0.05, 0) is 43.3 Å². The standard InChI is InChI=1S/C16H16Cl2N2O4S/c1-10(16(21)19-13-5-3-4-11(17)8-13)20-25(22,23)15-9-12(18)6-7-14(15)24-2/h3-10,20H,1-2H3,(H,19,21)/t10-/m0/s1. The Bertz CT molecular complexity index is 887. The monoisotopic (exact) mass is 402 g/mol. The van der Waals surface area contributed by atoms with E-state index in [2.05, 4.69) is 10.0 Å². The fraction of sp³-hybridized carbons (Fsp3) is 0.188. The maximum Gasteiger partial charge on any atom is 0.245 e. The van der Waals surface area contributed by atoms with Gasteiger partial charge in [0.2, 0.25) is 15.9 Å². The van der Waals surface area contributed by atoms with Crippen LogP contribution in [0.2, 0.25) is 10.0 Å². The highest BCUT2D eigenvalue weighted by Gasteiger charge is 2.25. The largest absolute Gasteiger partial charge is 0.495 e. The molecule has 6 nitrogen and oxygen atoms in total. The lowest BCUT2D eigenvalue weighted by Crippen LogP contribution is -2.41. The first-order chi connectivity index (χ1) is 11.7. The van der Waals surface area contributed by atoms with E-state index in [1.54, 1.807) is 24.3 Å². The lowest BCUT2D eigenvalue weighted by atomic mass is 10.3. The highest BCUT2D eigenvalue weighted by atomic mass is 35.5. The minimum atomic E-state index is -4.02. The van der Waals surface area contributed by atoms with E-state index in [1.165, 1.54) is 32.2 Å². The summed E-state index contributed by atoms with van der Waals surface area (Å²) in [6.45, 7) is 1.43. The van der Waals surface area contributed by atoms with Crippen molar-refractivity contribution in [3.05, 3.63) is 52.5 Å². The minimum absolute atomic E-state index is 0.124. The molecule has 0 aliphatic rings. The molecule has 2 aromatic carbocycles. The average molecular weight is 403 g/mol. The van der Waals surface area contributed by atoms with Gasteiger partial charge in [0.1, 0.15) is 10.6 Å². The Kier molecular flexibility index (Phi) is 6.29. The second-order valence-corrected chi connectivity index (χ2v) is 7.69. The zero-order valence-corrected chi connectivity index (χ0v) is 15.7.